The largest absolute Gasteiger partial charge is 0.472 e. The molecule has 0 aliphatic heterocycles. The molecule has 0 saturated heterocycles. The minimum absolute atomic E-state index is 0.0380. The number of allylic oxidation sites excluding steroid dienone is 15. The number of phosphoric acid groups is 1. The number of quaternary nitrogens is 1. The summed E-state index contributed by atoms with van der Waals surface area (Å²) in [7, 11) is 1.50. The maximum absolute atomic E-state index is 13.7. The number of ether oxygens (including phenoxy) is 1. The van der Waals surface area contributed by atoms with E-state index in [1.807, 2.05) is 33.3 Å². The van der Waals surface area contributed by atoms with Gasteiger partial charge in [-0.1, -0.05) is 337 Å². The van der Waals surface area contributed by atoms with Crippen molar-refractivity contribution >= 4 is 19.7 Å². The lowest BCUT2D eigenvalue weighted by molar-refractivity contribution is -0.870. The molecule has 0 rings (SSSR count). The summed E-state index contributed by atoms with van der Waals surface area (Å²) in [5.74, 6) is -0.498. The molecule has 0 aliphatic carbocycles. The number of unbranched alkanes of at least 4 members (excludes halogenated alkanes) is 41. The number of esters is 1. The molecule has 0 fully saturated rings. The average molecular weight is 1310 g/mol. The Morgan fingerprint density at radius 3 is 1.07 bits per heavy atom. The third kappa shape index (κ3) is 71.2. The van der Waals surface area contributed by atoms with Gasteiger partial charge in [0.15, 0.2) is 0 Å². The predicted octanol–water partition coefficient (Wildman–Crippen LogP) is 25.4. The van der Waals surface area contributed by atoms with E-state index in [2.05, 4.69) is 111 Å². The van der Waals surface area contributed by atoms with E-state index in [0.29, 0.717) is 17.4 Å². The average Bonchev–Trinajstić information content (AvgIpc) is 3.72. The van der Waals surface area contributed by atoms with Gasteiger partial charge in [-0.25, -0.2) is 4.57 Å². The second kappa shape index (κ2) is 70.7. The second-order valence-electron chi connectivity index (χ2n) is 27.5. The maximum Gasteiger partial charge on any atom is 0.472 e. The fourth-order valence-corrected chi connectivity index (χ4v) is 12.0. The summed E-state index contributed by atoms with van der Waals surface area (Å²) in [6, 6.07) is -0.854. The number of amides is 1. The van der Waals surface area contributed by atoms with Crippen LogP contribution in [0, 0.1) is 0 Å². The summed E-state index contributed by atoms with van der Waals surface area (Å²) in [4.78, 5) is 38.0. The van der Waals surface area contributed by atoms with E-state index < -0.39 is 20.0 Å². The molecule has 0 bridgehead atoms. The van der Waals surface area contributed by atoms with Crippen LogP contribution >= 0.6 is 7.82 Å². The number of nitrogens with one attached hydrogen (secondary N) is 1. The molecule has 0 radical (unpaired) electrons. The van der Waals surface area contributed by atoms with Crippen molar-refractivity contribution in [3.63, 3.8) is 0 Å². The lowest BCUT2D eigenvalue weighted by Gasteiger charge is -2.27. The Bertz CT molecular complexity index is 1900. The number of phosphoric ester groups is 1. The normalized spacial score (nSPS) is 13.9. The highest BCUT2D eigenvalue weighted by atomic mass is 31.2. The van der Waals surface area contributed by atoms with E-state index >= 15 is 0 Å². The van der Waals surface area contributed by atoms with Crippen LogP contribution in [0.2, 0.25) is 0 Å². The highest BCUT2D eigenvalue weighted by Crippen LogP contribution is 2.43. The number of hydrogen-bond donors (Lipinski definition) is 2. The van der Waals surface area contributed by atoms with E-state index in [0.717, 1.165) is 96.3 Å². The molecule has 0 aliphatic rings. The summed E-state index contributed by atoms with van der Waals surface area (Å²) in [5, 5.41) is 3.08. The van der Waals surface area contributed by atoms with Crippen molar-refractivity contribution in [3.05, 3.63) is 97.2 Å². The third-order valence-corrected chi connectivity index (χ3v) is 18.2. The molecule has 0 aromatic rings. The zero-order valence-corrected chi connectivity index (χ0v) is 62.2. The molecule has 1 amide bonds. The molecule has 3 unspecified atom stereocenters. The first-order chi connectivity index (χ1) is 44.9. The molecular weight excluding hydrogens is 1160 g/mol. The highest BCUT2D eigenvalue weighted by Gasteiger charge is 2.30. The van der Waals surface area contributed by atoms with Crippen molar-refractivity contribution < 1.29 is 37.3 Å². The van der Waals surface area contributed by atoms with E-state index in [-0.39, 0.29) is 31.5 Å². The van der Waals surface area contributed by atoms with Crippen LogP contribution < -0.4 is 5.32 Å². The van der Waals surface area contributed by atoms with Gasteiger partial charge >= 0.3 is 13.8 Å². The van der Waals surface area contributed by atoms with Gasteiger partial charge in [0.25, 0.3) is 0 Å². The van der Waals surface area contributed by atoms with Crippen LogP contribution in [0.3, 0.4) is 0 Å². The number of carbonyl (C=O) groups is 2. The van der Waals surface area contributed by atoms with Crippen LogP contribution in [0.15, 0.2) is 97.2 Å². The van der Waals surface area contributed by atoms with Crippen molar-refractivity contribution in [1.29, 1.82) is 0 Å². The lowest BCUT2D eigenvalue weighted by atomic mass is 10.0. The van der Waals surface area contributed by atoms with Crippen molar-refractivity contribution in [3.8, 4) is 0 Å². The summed E-state index contributed by atoms with van der Waals surface area (Å²) >= 11 is 0. The fraction of sp³-hybridized carbons (Fsp3) is 0.780. The van der Waals surface area contributed by atoms with Crippen molar-refractivity contribution in [1.82, 2.24) is 5.32 Å². The Kier molecular flexibility index (Phi) is 68.4. The molecular formula is C82H150N2O7P+. The van der Waals surface area contributed by atoms with Crippen molar-refractivity contribution in [2.75, 3.05) is 40.9 Å². The van der Waals surface area contributed by atoms with Crippen LogP contribution in [0.4, 0.5) is 0 Å². The molecule has 0 aromatic carbocycles. The first-order valence-corrected chi connectivity index (χ1v) is 40.6. The Labute approximate surface area is 570 Å². The minimum Gasteiger partial charge on any atom is -0.456 e. The molecule has 0 aromatic heterocycles. The Balaban J connectivity index is 4.94. The van der Waals surface area contributed by atoms with Gasteiger partial charge < -0.3 is 19.4 Å². The standard InChI is InChI=1S/C82H149N2O7P/c1-7-10-13-16-19-22-25-28-30-32-34-36-38-40-42-44-46-48-50-52-54-56-59-62-65-68-71-74-81(85)83-79(78-90-92(87,88)89-77-76-84(4,5)6)80(73-70-67-64-61-58-27-24-21-18-15-12-9-3)91-82(86)75-72-69-66-63-60-57-55-53-51-49-47-45-43-41-39-37-35-33-31-29-26-23-20-17-14-11-8-2/h11,14,19-20,22-23,28-31,35,37,41,43,70,73,79-80H,7-10,12-13,15-18,21,24-27,32-34,36,38-40,42,44-69,71-72,74-78H2,1-6H3,(H-,83,85,87,88)/p+1/b14-11-,22-19-,23-20-,30-28-,31-29-,37-35-,43-41-,73-70+. The summed E-state index contributed by atoms with van der Waals surface area (Å²) in [5.41, 5.74) is 0. The van der Waals surface area contributed by atoms with Gasteiger partial charge in [0.05, 0.1) is 33.8 Å². The monoisotopic (exact) mass is 1310 g/mol. The zero-order chi connectivity index (χ0) is 67.0. The fourth-order valence-electron chi connectivity index (χ4n) is 11.3. The number of carbonyl (C=O) groups excluding carboxylic acids is 2. The smallest absolute Gasteiger partial charge is 0.456 e. The van der Waals surface area contributed by atoms with Gasteiger partial charge in [0, 0.05) is 12.8 Å². The molecule has 10 heteroatoms. The maximum atomic E-state index is 13.7. The molecule has 3 atom stereocenters. The van der Waals surface area contributed by atoms with Crippen LogP contribution in [-0.4, -0.2) is 74.3 Å². The summed E-state index contributed by atoms with van der Waals surface area (Å²) in [6.45, 7) is 6.91. The van der Waals surface area contributed by atoms with Gasteiger partial charge in [-0.15, -0.1) is 0 Å². The van der Waals surface area contributed by atoms with Gasteiger partial charge in [0.1, 0.15) is 19.3 Å². The van der Waals surface area contributed by atoms with E-state index in [1.54, 1.807) is 0 Å². The number of nitrogens with zero attached hydrogens (tertiary/aromatic N) is 1. The van der Waals surface area contributed by atoms with Crippen LogP contribution in [0.1, 0.15) is 361 Å². The summed E-state index contributed by atoms with van der Waals surface area (Å²) in [6.07, 6.45) is 97.2. The number of likely N-dealkylation sites (N-methyl/N-ethyl adjacent to an activating group) is 1. The Morgan fingerprint density at radius 2 is 0.696 bits per heavy atom. The number of hydrogen-bond acceptors (Lipinski definition) is 6. The SMILES string of the molecule is CC/C=C\C/C=C\C/C=C\C/C=C\C/C=C\CCCCCCCCCCCCCC(=O)OC(/C=C/CCCCCCCCCCCC)C(COP(=O)(O)OCC[N+](C)(C)C)NC(=O)CCCCCCCCCCCCCCCCCCC/C=C\C/C=C\CCCCC. The van der Waals surface area contributed by atoms with Crippen LogP contribution in [-0.2, 0) is 27.9 Å². The molecule has 0 heterocycles. The molecule has 2 N–H and O–H groups in total. The van der Waals surface area contributed by atoms with Crippen molar-refractivity contribution in [2.24, 2.45) is 0 Å². The minimum atomic E-state index is -4.46. The van der Waals surface area contributed by atoms with Crippen molar-refractivity contribution in [2.45, 2.75) is 373 Å². The summed E-state index contributed by atoms with van der Waals surface area (Å²) < 4.78 is 30.9. The zero-order valence-electron chi connectivity index (χ0n) is 61.3. The van der Waals surface area contributed by atoms with Gasteiger partial charge in [0.2, 0.25) is 5.91 Å². The number of rotatable bonds is 71. The molecule has 92 heavy (non-hydrogen) atoms. The molecule has 9 nitrogen and oxygen atoms in total. The van der Waals surface area contributed by atoms with Crippen LogP contribution in [0.25, 0.3) is 0 Å². The second-order valence-corrected chi connectivity index (χ2v) is 29.0. The highest BCUT2D eigenvalue weighted by molar-refractivity contribution is 7.47. The molecule has 0 spiro atoms. The van der Waals surface area contributed by atoms with Crippen LogP contribution in [0.5, 0.6) is 0 Å². The van der Waals surface area contributed by atoms with Gasteiger partial charge in [-0.2, -0.15) is 0 Å². The Morgan fingerprint density at radius 1 is 0.391 bits per heavy atom. The van der Waals surface area contributed by atoms with E-state index in [4.69, 9.17) is 13.8 Å². The predicted molar refractivity (Wildman–Crippen MR) is 401 cm³/mol. The quantitative estimate of drug-likeness (QED) is 0.0205. The topological polar surface area (TPSA) is 111 Å². The van der Waals surface area contributed by atoms with E-state index in [9.17, 15) is 19.0 Å². The van der Waals surface area contributed by atoms with Gasteiger partial charge in [-0.05, 0) is 109 Å². The molecule has 0 saturated carbocycles. The van der Waals surface area contributed by atoms with Gasteiger partial charge in [-0.3, -0.25) is 18.6 Å². The first-order valence-electron chi connectivity index (χ1n) is 39.1. The van der Waals surface area contributed by atoms with E-state index in [1.165, 1.54) is 231 Å². The Hall–Kier alpha value is -3.07. The third-order valence-electron chi connectivity index (χ3n) is 17.3. The molecule has 534 valence electrons. The first kappa shape index (κ1) is 88.9. The lowest BCUT2D eigenvalue weighted by Crippen LogP contribution is -2.47.